The van der Waals surface area contributed by atoms with Crippen molar-refractivity contribution in [2.24, 2.45) is 0 Å². The molecule has 116 valence electrons. The lowest BCUT2D eigenvalue weighted by Crippen LogP contribution is -2.04. The number of nitrogens with one attached hydrogen (secondary N) is 1. The quantitative estimate of drug-likeness (QED) is 0.749. The summed E-state index contributed by atoms with van der Waals surface area (Å²) < 4.78 is 18.1. The van der Waals surface area contributed by atoms with Gasteiger partial charge < -0.3 is 10.1 Å². The number of carbonyl (C=O) groups is 1. The Morgan fingerprint density at radius 3 is 2.91 bits per heavy atom. The van der Waals surface area contributed by atoms with Crippen LogP contribution < -0.4 is 5.32 Å². The van der Waals surface area contributed by atoms with Crippen LogP contribution in [0.1, 0.15) is 5.56 Å². The number of anilines is 2. The summed E-state index contributed by atoms with van der Waals surface area (Å²) in [5.74, 6) is -0.156. The van der Waals surface area contributed by atoms with Crippen LogP contribution in [0.25, 0.3) is 10.9 Å². The van der Waals surface area contributed by atoms with Crippen molar-refractivity contribution in [2.75, 3.05) is 12.4 Å². The fourth-order valence-corrected chi connectivity index (χ4v) is 2.26. The number of methoxy groups -OCH3 is 1. The van der Waals surface area contributed by atoms with Gasteiger partial charge in [0.2, 0.25) is 0 Å². The number of fused-ring (bicyclic) bond motifs is 1. The van der Waals surface area contributed by atoms with Gasteiger partial charge in [0, 0.05) is 11.1 Å². The SMILES string of the molecule is COC(=O)Cc1cccc(Nc2ncnc3ccc(F)cc23)c1. The maximum Gasteiger partial charge on any atom is 0.309 e. The van der Waals surface area contributed by atoms with E-state index in [4.69, 9.17) is 0 Å². The third kappa shape index (κ3) is 3.42. The summed E-state index contributed by atoms with van der Waals surface area (Å²) in [6.45, 7) is 0. The molecule has 6 heteroatoms. The number of nitrogens with zero attached hydrogens (tertiary/aromatic N) is 2. The van der Waals surface area contributed by atoms with Crippen molar-refractivity contribution in [2.45, 2.75) is 6.42 Å². The molecule has 0 fully saturated rings. The molecule has 0 radical (unpaired) electrons. The molecule has 5 nitrogen and oxygen atoms in total. The van der Waals surface area contributed by atoms with Gasteiger partial charge in [0.05, 0.1) is 19.0 Å². The number of rotatable bonds is 4. The second-order valence-corrected chi connectivity index (χ2v) is 4.96. The number of hydrogen-bond acceptors (Lipinski definition) is 5. The first kappa shape index (κ1) is 14.9. The standard InChI is InChI=1S/C17H14FN3O2/c1-23-16(22)8-11-3-2-4-13(7-11)21-17-14-9-12(18)5-6-15(14)19-10-20-17/h2-7,9-10H,8H2,1H3,(H,19,20,21). The smallest absolute Gasteiger partial charge is 0.309 e. The largest absolute Gasteiger partial charge is 0.469 e. The average Bonchev–Trinajstić information content (AvgIpc) is 2.55. The molecular formula is C17H14FN3O2. The van der Waals surface area contributed by atoms with Crippen molar-refractivity contribution in [1.82, 2.24) is 9.97 Å². The zero-order valence-corrected chi connectivity index (χ0v) is 12.4. The van der Waals surface area contributed by atoms with E-state index >= 15 is 0 Å². The molecule has 0 aliphatic heterocycles. The van der Waals surface area contributed by atoms with Crippen molar-refractivity contribution in [3.05, 3.63) is 60.2 Å². The molecule has 0 atom stereocenters. The fraction of sp³-hybridized carbons (Fsp3) is 0.118. The van der Waals surface area contributed by atoms with E-state index in [0.717, 1.165) is 11.3 Å². The molecular weight excluding hydrogens is 297 g/mol. The summed E-state index contributed by atoms with van der Waals surface area (Å²) >= 11 is 0. The Hall–Kier alpha value is -3.02. The van der Waals surface area contributed by atoms with Gasteiger partial charge in [0.25, 0.3) is 0 Å². The van der Waals surface area contributed by atoms with E-state index in [1.54, 1.807) is 6.07 Å². The number of ether oxygens (including phenoxy) is 1. The zero-order valence-electron chi connectivity index (χ0n) is 12.4. The number of aromatic nitrogens is 2. The van der Waals surface area contributed by atoms with E-state index in [9.17, 15) is 9.18 Å². The van der Waals surface area contributed by atoms with Crippen LogP contribution in [0.4, 0.5) is 15.9 Å². The summed E-state index contributed by atoms with van der Waals surface area (Å²) in [5, 5.41) is 3.72. The predicted molar refractivity (Wildman–Crippen MR) is 84.9 cm³/mol. The van der Waals surface area contributed by atoms with Crippen LogP contribution in [0.15, 0.2) is 48.8 Å². The first-order chi connectivity index (χ1) is 11.2. The Morgan fingerprint density at radius 2 is 2.09 bits per heavy atom. The second-order valence-electron chi connectivity index (χ2n) is 4.96. The molecule has 0 bridgehead atoms. The molecule has 0 aliphatic rings. The molecule has 0 spiro atoms. The van der Waals surface area contributed by atoms with Gasteiger partial charge in [0.1, 0.15) is 18.0 Å². The predicted octanol–water partition coefficient (Wildman–Crippen LogP) is 3.23. The fourth-order valence-electron chi connectivity index (χ4n) is 2.26. The Labute approximate surface area is 132 Å². The molecule has 23 heavy (non-hydrogen) atoms. The number of benzene rings is 2. The molecule has 0 saturated carbocycles. The minimum absolute atomic E-state index is 0.186. The van der Waals surface area contributed by atoms with Crippen molar-refractivity contribution >= 4 is 28.4 Å². The first-order valence-electron chi connectivity index (χ1n) is 6.99. The van der Waals surface area contributed by atoms with Crippen molar-refractivity contribution in [3.63, 3.8) is 0 Å². The van der Waals surface area contributed by atoms with Crippen LogP contribution in [0.5, 0.6) is 0 Å². The van der Waals surface area contributed by atoms with Gasteiger partial charge in [-0.15, -0.1) is 0 Å². The minimum atomic E-state index is -0.352. The third-order valence-corrected chi connectivity index (χ3v) is 3.36. The van der Waals surface area contributed by atoms with E-state index < -0.39 is 0 Å². The van der Waals surface area contributed by atoms with Crippen LogP contribution in [0.2, 0.25) is 0 Å². The third-order valence-electron chi connectivity index (χ3n) is 3.36. The minimum Gasteiger partial charge on any atom is -0.469 e. The zero-order chi connectivity index (χ0) is 16.2. The summed E-state index contributed by atoms with van der Waals surface area (Å²) in [7, 11) is 1.35. The number of hydrogen-bond donors (Lipinski definition) is 1. The lowest BCUT2D eigenvalue weighted by atomic mass is 10.1. The topological polar surface area (TPSA) is 64.1 Å². The van der Waals surface area contributed by atoms with Crippen molar-refractivity contribution in [1.29, 1.82) is 0 Å². The highest BCUT2D eigenvalue weighted by Crippen LogP contribution is 2.24. The Morgan fingerprint density at radius 1 is 1.22 bits per heavy atom. The van der Waals surface area contributed by atoms with E-state index in [0.29, 0.717) is 16.7 Å². The summed E-state index contributed by atoms with van der Waals surface area (Å²) in [6.07, 6.45) is 1.60. The highest BCUT2D eigenvalue weighted by molar-refractivity contribution is 5.90. The van der Waals surface area contributed by atoms with E-state index in [2.05, 4.69) is 20.0 Å². The maximum absolute atomic E-state index is 13.5. The van der Waals surface area contributed by atoms with Gasteiger partial charge in [0.15, 0.2) is 0 Å². The molecule has 0 aliphatic carbocycles. The van der Waals surface area contributed by atoms with Crippen molar-refractivity contribution in [3.8, 4) is 0 Å². The maximum atomic E-state index is 13.5. The highest BCUT2D eigenvalue weighted by atomic mass is 19.1. The monoisotopic (exact) mass is 311 g/mol. The van der Waals surface area contributed by atoms with Crippen LogP contribution in [0.3, 0.4) is 0 Å². The Balaban J connectivity index is 1.92. The molecule has 0 amide bonds. The number of esters is 1. The molecule has 1 heterocycles. The number of carbonyl (C=O) groups excluding carboxylic acids is 1. The molecule has 0 unspecified atom stereocenters. The second kappa shape index (κ2) is 6.39. The van der Waals surface area contributed by atoms with Gasteiger partial charge in [-0.1, -0.05) is 12.1 Å². The Kier molecular flexibility index (Phi) is 4.14. The number of halogens is 1. The lowest BCUT2D eigenvalue weighted by Gasteiger charge is -2.09. The van der Waals surface area contributed by atoms with Crippen LogP contribution >= 0.6 is 0 Å². The van der Waals surface area contributed by atoms with E-state index in [-0.39, 0.29) is 18.2 Å². The van der Waals surface area contributed by atoms with Gasteiger partial charge in [-0.3, -0.25) is 4.79 Å². The van der Waals surface area contributed by atoms with Crippen molar-refractivity contribution < 1.29 is 13.9 Å². The molecule has 1 aromatic heterocycles. The molecule has 3 rings (SSSR count). The van der Waals surface area contributed by atoms with Gasteiger partial charge >= 0.3 is 5.97 Å². The molecule has 3 aromatic rings. The van der Waals surface area contributed by atoms with Gasteiger partial charge in [-0.2, -0.15) is 0 Å². The molecule has 2 aromatic carbocycles. The Bertz CT molecular complexity index is 867. The highest BCUT2D eigenvalue weighted by Gasteiger charge is 2.07. The average molecular weight is 311 g/mol. The van der Waals surface area contributed by atoms with E-state index in [1.807, 2.05) is 24.3 Å². The normalized spacial score (nSPS) is 10.5. The summed E-state index contributed by atoms with van der Waals surface area (Å²) in [5.41, 5.74) is 2.21. The summed E-state index contributed by atoms with van der Waals surface area (Å²) in [4.78, 5) is 19.6. The molecule has 0 saturated heterocycles. The van der Waals surface area contributed by atoms with Crippen LogP contribution in [-0.2, 0) is 16.0 Å². The van der Waals surface area contributed by atoms with Crippen LogP contribution in [0, 0.1) is 5.82 Å². The lowest BCUT2D eigenvalue weighted by molar-refractivity contribution is -0.139. The molecule has 1 N–H and O–H groups in total. The summed E-state index contributed by atoms with van der Waals surface area (Å²) in [6, 6.07) is 11.7. The van der Waals surface area contributed by atoms with Gasteiger partial charge in [-0.25, -0.2) is 14.4 Å². The first-order valence-corrected chi connectivity index (χ1v) is 6.99. The van der Waals surface area contributed by atoms with Crippen LogP contribution in [-0.4, -0.2) is 23.0 Å². The van der Waals surface area contributed by atoms with Gasteiger partial charge in [-0.05, 0) is 35.9 Å². The van der Waals surface area contributed by atoms with E-state index in [1.165, 1.54) is 25.6 Å².